The molecule has 0 saturated heterocycles. The van der Waals surface area contributed by atoms with Crippen LogP contribution in [-0.4, -0.2) is 18.2 Å². The summed E-state index contributed by atoms with van der Waals surface area (Å²) in [4.78, 5) is 11.7. The second kappa shape index (κ2) is 6.12. The van der Waals surface area contributed by atoms with Gasteiger partial charge in [0.05, 0.1) is 24.4 Å². The number of nitrogens with one attached hydrogen (secondary N) is 1. The summed E-state index contributed by atoms with van der Waals surface area (Å²) in [7, 11) is 1.63. The molecule has 1 aliphatic heterocycles. The monoisotopic (exact) mass is 355 g/mol. The highest BCUT2D eigenvalue weighted by Crippen LogP contribution is 2.54. The van der Waals surface area contributed by atoms with Gasteiger partial charge in [-0.3, -0.25) is 0 Å². The van der Waals surface area contributed by atoms with E-state index in [0.717, 1.165) is 29.0 Å². The summed E-state index contributed by atoms with van der Waals surface area (Å²) in [5, 5.41) is 13.8. The summed E-state index contributed by atoms with van der Waals surface area (Å²) in [6, 6.07) is 10.8. The molecule has 4 nitrogen and oxygen atoms in total. The molecule has 0 aromatic heterocycles. The Morgan fingerprint density at radius 2 is 2.08 bits per heavy atom. The Bertz CT molecular complexity index is 877. The van der Waals surface area contributed by atoms with Crippen LogP contribution in [0.5, 0.6) is 5.75 Å². The number of carboxylic acids is 1. The number of hydrogen-bond acceptors (Lipinski definition) is 3. The number of aromatic carboxylic acids is 1. The second-order valence-electron chi connectivity index (χ2n) is 6.41. The third-order valence-corrected chi connectivity index (χ3v) is 5.50. The van der Waals surface area contributed by atoms with Gasteiger partial charge in [0.1, 0.15) is 5.75 Å². The fourth-order valence-corrected chi connectivity index (χ4v) is 4.36. The van der Waals surface area contributed by atoms with Crippen molar-refractivity contribution in [1.82, 2.24) is 0 Å². The Balaban J connectivity index is 1.89. The van der Waals surface area contributed by atoms with E-state index in [-0.39, 0.29) is 17.9 Å². The van der Waals surface area contributed by atoms with Crippen LogP contribution in [0.4, 0.5) is 5.69 Å². The molecule has 0 fully saturated rings. The van der Waals surface area contributed by atoms with Gasteiger partial charge in [-0.15, -0.1) is 0 Å². The van der Waals surface area contributed by atoms with Crippen LogP contribution in [0.15, 0.2) is 48.6 Å². The molecule has 2 aromatic rings. The number of benzene rings is 2. The van der Waals surface area contributed by atoms with Crippen molar-refractivity contribution < 1.29 is 14.6 Å². The number of methoxy groups -OCH3 is 1. The molecule has 0 amide bonds. The lowest BCUT2D eigenvalue weighted by atomic mass is 9.76. The number of fused-ring (bicyclic) bond motifs is 3. The summed E-state index contributed by atoms with van der Waals surface area (Å²) in [6.45, 7) is 0. The van der Waals surface area contributed by atoms with E-state index < -0.39 is 5.97 Å². The summed E-state index contributed by atoms with van der Waals surface area (Å²) in [5.41, 5.74) is 3.01. The van der Waals surface area contributed by atoms with Crippen molar-refractivity contribution in [2.75, 3.05) is 12.4 Å². The van der Waals surface area contributed by atoms with Gasteiger partial charge in [-0.1, -0.05) is 42.0 Å². The van der Waals surface area contributed by atoms with Gasteiger partial charge in [-0.25, -0.2) is 4.79 Å². The number of carboxylic acid groups (broad SMARTS) is 1. The molecule has 0 spiro atoms. The van der Waals surface area contributed by atoms with Crippen molar-refractivity contribution in [3.63, 3.8) is 0 Å². The fraction of sp³-hybridized carbons (Fsp3) is 0.250. The molecule has 2 aliphatic rings. The van der Waals surface area contributed by atoms with Gasteiger partial charge in [-0.2, -0.15) is 0 Å². The van der Waals surface area contributed by atoms with E-state index in [2.05, 4.69) is 17.5 Å². The van der Waals surface area contributed by atoms with Crippen LogP contribution in [0, 0.1) is 5.92 Å². The van der Waals surface area contributed by atoms with Gasteiger partial charge in [0, 0.05) is 16.5 Å². The fourth-order valence-electron chi connectivity index (χ4n) is 4.08. The number of rotatable bonds is 3. The van der Waals surface area contributed by atoms with Gasteiger partial charge in [-0.05, 0) is 36.1 Å². The maximum Gasteiger partial charge on any atom is 0.336 e. The molecular formula is C20H18ClNO3. The highest BCUT2D eigenvalue weighted by Gasteiger charge is 2.41. The molecule has 0 saturated carbocycles. The van der Waals surface area contributed by atoms with Crippen LogP contribution in [0.3, 0.4) is 0 Å². The Hall–Kier alpha value is -2.46. The zero-order valence-electron chi connectivity index (χ0n) is 13.7. The van der Waals surface area contributed by atoms with E-state index in [1.807, 2.05) is 24.3 Å². The largest absolute Gasteiger partial charge is 0.495 e. The first-order valence-electron chi connectivity index (χ1n) is 8.23. The summed E-state index contributed by atoms with van der Waals surface area (Å²) in [5.74, 6) is 0.169. The molecule has 128 valence electrons. The third kappa shape index (κ3) is 2.48. The summed E-state index contributed by atoms with van der Waals surface area (Å²) >= 11 is 6.49. The topological polar surface area (TPSA) is 58.6 Å². The van der Waals surface area contributed by atoms with E-state index in [0.29, 0.717) is 10.6 Å². The van der Waals surface area contributed by atoms with Crippen molar-refractivity contribution in [3.05, 3.63) is 70.3 Å². The Morgan fingerprint density at radius 1 is 1.28 bits per heavy atom. The smallest absolute Gasteiger partial charge is 0.336 e. The van der Waals surface area contributed by atoms with Crippen molar-refractivity contribution in [1.29, 1.82) is 0 Å². The SMILES string of the molecule is COc1ccc(Cl)c2c1N[C@H](c1ccccc1C(=O)O)[C@@H]1CC=C[C@@H]21. The van der Waals surface area contributed by atoms with Crippen LogP contribution < -0.4 is 10.1 Å². The minimum Gasteiger partial charge on any atom is -0.495 e. The molecular weight excluding hydrogens is 338 g/mol. The Morgan fingerprint density at radius 3 is 2.84 bits per heavy atom. The lowest BCUT2D eigenvalue weighted by Crippen LogP contribution is -2.30. The Labute approximate surface area is 151 Å². The molecule has 4 rings (SSSR count). The van der Waals surface area contributed by atoms with Crippen molar-refractivity contribution in [2.24, 2.45) is 5.92 Å². The van der Waals surface area contributed by atoms with Gasteiger partial charge in [0.25, 0.3) is 0 Å². The quantitative estimate of drug-likeness (QED) is 0.771. The highest BCUT2D eigenvalue weighted by atomic mass is 35.5. The van der Waals surface area contributed by atoms with Gasteiger partial charge < -0.3 is 15.2 Å². The maximum absolute atomic E-state index is 11.7. The predicted octanol–water partition coefficient (Wildman–Crippen LogP) is 4.87. The van der Waals surface area contributed by atoms with E-state index in [9.17, 15) is 9.90 Å². The van der Waals surface area contributed by atoms with E-state index in [4.69, 9.17) is 16.3 Å². The van der Waals surface area contributed by atoms with Gasteiger partial charge in [0.15, 0.2) is 0 Å². The molecule has 2 aromatic carbocycles. The lowest BCUT2D eigenvalue weighted by Gasteiger charge is -2.39. The predicted molar refractivity (Wildman–Crippen MR) is 97.8 cm³/mol. The van der Waals surface area contributed by atoms with Gasteiger partial charge in [0.2, 0.25) is 0 Å². The van der Waals surface area contributed by atoms with Crippen molar-refractivity contribution >= 4 is 23.3 Å². The Kier molecular flexibility index (Phi) is 3.92. The molecule has 25 heavy (non-hydrogen) atoms. The van der Waals surface area contributed by atoms with Crippen LogP contribution in [0.2, 0.25) is 5.02 Å². The number of ether oxygens (including phenoxy) is 1. The number of carbonyl (C=O) groups is 1. The normalized spacial score (nSPS) is 23.5. The minimum absolute atomic E-state index is 0.118. The molecule has 1 heterocycles. The number of anilines is 1. The number of allylic oxidation sites excluding steroid dienone is 2. The molecule has 2 N–H and O–H groups in total. The second-order valence-corrected chi connectivity index (χ2v) is 6.81. The summed E-state index contributed by atoms with van der Waals surface area (Å²) < 4.78 is 5.52. The average Bonchev–Trinajstić information content (AvgIpc) is 3.10. The molecule has 0 bridgehead atoms. The minimum atomic E-state index is -0.913. The maximum atomic E-state index is 11.7. The zero-order valence-corrected chi connectivity index (χ0v) is 14.5. The van der Waals surface area contributed by atoms with Crippen LogP contribution >= 0.6 is 11.6 Å². The highest BCUT2D eigenvalue weighted by molar-refractivity contribution is 6.32. The van der Waals surface area contributed by atoms with Gasteiger partial charge >= 0.3 is 5.97 Å². The lowest BCUT2D eigenvalue weighted by molar-refractivity contribution is 0.0694. The van der Waals surface area contributed by atoms with Crippen molar-refractivity contribution in [3.8, 4) is 5.75 Å². The molecule has 1 aliphatic carbocycles. The standard InChI is InChI=1S/C20H18ClNO3/c1-25-16-10-9-15(21)17-11-7-4-8-12(11)18(22-19(16)17)13-5-2-3-6-14(13)20(23)24/h2-7,9-12,18,22H,8H2,1H3,(H,23,24)/t11-,12-,18+/m1/s1. The van der Waals surface area contributed by atoms with Crippen LogP contribution in [0.1, 0.15) is 39.9 Å². The zero-order chi connectivity index (χ0) is 17.6. The van der Waals surface area contributed by atoms with E-state index in [1.54, 1.807) is 19.2 Å². The molecule has 0 radical (unpaired) electrons. The first kappa shape index (κ1) is 16.0. The molecule has 5 heteroatoms. The number of halogens is 1. The van der Waals surface area contributed by atoms with Crippen molar-refractivity contribution in [2.45, 2.75) is 18.4 Å². The summed E-state index contributed by atoms with van der Waals surface area (Å²) in [6.07, 6.45) is 5.20. The third-order valence-electron chi connectivity index (χ3n) is 5.17. The van der Waals surface area contributed by atoms with Crippen LogP contribution in [-0.2, 0) is 0 Å². The number of hydrogen-bond donors (Lipinski definition) is 2. The first-order valence-corrected chi connectivity index (χ1v) is 8.61. The molecule has 0 unspecified atom stereocenters. The molecule has 3 atom stereocenters. The first-order chi connectivity index (χ1) is 12.1. The average molecular weight is 356 g/mol. The van der Waals surface area contributed by atoms with E-state index >= 15 is 0 Å². The van der Waals surface area contributed by atoms with E-state index in [1.165, 1.54) is 0 Å². The van der Waals surface area contributed by atoms with Crippen LogP contribution in [0.25, 0.3) is 0 Å².